The van der Waals surface area contributed by atoms with Crippen molar-refractivity contribution in [3.8, 4) is 0 Å². The maximum absolute atomic E-state index is 13.5. The van der Waals surface area contributed by atoms with Crippen LogP contribution < -0.4 is 5.32 Å². The van der Waals surface area contributed by atoms with Gasteiger partial charge in [-0.3, -0.25) is 4.79 Å². The molecular weight excluding hydrogens is 169 g/mol. The molecule has 13 heavy (non-hydrogen) atoms. The molecule has 0 aromatic rings. The van der Waals surface area contributed by atoms with Gasteiger partial charge < -0.3 is 5.32 Å². The molecule has 74 valence electrons. The lowest BCUT2D eigenvalue weighted by Gasteiger charge is -2.34. The second-order valence-electron chi connectivity index (χ2n) is 4.75. The molecule has 2 saturated carbocycles. The maximum atomic E-state index is 13.5. The van der Waals surface area contributed by atoms with Gasteiger partial charge in [0.15, 0.2) is 0 Å². The number of hydrogen-bond acceptors (Lipinski definition) is 1. The SMILES string of the molecule is CC1(C(=O)NCC2(F)CCC2)CC1. The molecule has 2 nitrogen and oxygen atoms in total. The molecule has 0 radical (unpaired) electrons. The Hall–Kier alpha value is -0.600. The second-order valence-corrected chi connectivity index (χ2v) is 4.75. The largest absolute Gasteiger partial charge is 0.352 e. The average Bonchev–Trinajstić information content (AvgIpc) is 2.77. The molecule has 0 unspecified atom stereocenters. The van der Waals surface area contributed by atoms with E-state index in [2.05, 4.69) is 5.32 Å². The van der Waals surface area contributed by atoms with Crippen LogP contribution >= 0.6 is 0 Å². The topological polar surface area (TPSA) is 29.1 Å². The molecule has 2 aliphatic rings. The van der Waals surface area contributed by atoms with Crippen molar-refractivity contribution in [3.05, 3.63) is 0 Å². The van der Waals surface area contributed by atoms with Crippen LogP contribution in [0.4, 0.5) is 4.39 Å². The van der Waals surface area contributed by atoms with Crippen molar-refractivity contribution < 1.29 is 9.18 Å². The first-order chi connectivity index (χ1) is 6.04. The highest BCUT2D eigenvalue weighted by Gasteiger charge is 2.46. The number of amides is 1. The van der Waals surface area contributed by atoms with E-state index in [9.17, 15) is 9.18 Å². The normalized spacial score (nSPS) is 27.5. The highest BCUT2D eigenvalue weighted by atomic mass is 19.1. The summed E-state index contributed by atoms with van der Waals surface area (Å²) in [5, 5.41) is 2.71. The zero-order chi connectivity index (χ0) is 9.53. The number of nitrogens with one attached hydrogen (secondary N) is 1. The van der Waals surface area contributed by atoms with E-state index in [4.69, 9.17) is 0 Å². The summed E-state index contributed by atoms with van der Waals surface area (Å²) in [4.78, 5) is 11.4. The smallest absolute Gasteiger partial charge is 0.226 e. The van der Waals surface area contributed by atoms with E-state index in [1.165, 1.54) is 0 Å². The lowest BCUT2D eigenvalue weighted by Crippen LogP contribution is -2.46. The molecule has 0 bridgehead atoms. The third-order valence-corrected chi connectivity index (χ3v) is 3.36. The Balaban J connectivity index is 1.76. The molecule has 0 saturated heterocycles. The van der Waals surface area contributed by atoms with Crippen molar-refractivity contribution in [1.29, 1.82) is 0 Å². The van der Waals surface area contributed by atoms with Crippen LogP contribution in [0.1, 0.15) is 39.0 Å². The van der Waals surface area contributed by atoms with Crippen LogP contribution in [0.3, 0.4) is 0 Å². The Morgan fingerprint density at radius 1 is 1.38 bits per heavy atom. The predicted octanol–water partition coefficient (Wildman–Crippen LogP) is 1.79. The molecule has 2 aliphatic carbocycles. The summed E-state index contributed by atoms with van der Waals surface area (Å²) >= 11 is 0. The number of hydrogen-bond donors (Lipinski definition) is 1. The molecular formula is C10H16FNO. The summed E-state index contributed by atoms with van der Waals surface area (Å²) in [7, 11) is 0. The Kier molecular flexibility index (Phi) is 1.86. The Morgan fingerprint density at radius 3 is 2.38 bits per heavy atom. The second kappa shape index (κ2) is 2.69. The van der Waals surface area contributed by atoms with Gasteiger partial charge >= 0.3 is 0 Å². The summed E-state index contributed by atoms with van der Waals surface area (Å²) in [5.74, 6) is 0.0384. The highest BCUT2D eigenvalue weighted by Crippen LogP contribution is 2.45. The quantitative estimate of drug-likeness (QED) is 0.713. The molecule has 2 rings (SSSR count). The van der Waals surface area contributed by atoms with Gasteiger partial charge in [-0.15, -0.1) is 0 Å². The van der Waals surface area contributed by atoms with E-state index in [0.29, 0.717) is 12.8 Å². The van der Waals surface area contributed by atoms with E-state index >= 15 is 0 Å². The maximum Gasteiger partial charge on any atom is 0.226 e. The minimum absolute atomic E-state index is 0.0384. The van der Waals surface area contributed by atoms with Crippen LogP contribution in [0.25, 0.3) is 0 Å². The summed E-state index contributed by atoms with van der Waals surface area (Å²) in [6, 6.07) is 0. The third-order valence-electron chi connectivity index (χ3n) is 3.36. The van der Waals surface area contributed by atoms with Gasteiger partial charge in [-0.05, 0) is 32.1 Å². The average molecular weight is 185 g/mol. The van der Waals surface area contributed by atoms with Crippen molar-refractivity contribution in [3.63, 3.8) is 0 Å². The van der Waals surface area contributed by atoms with Crippen LogP contribution in [-0.2, 0) is 4.79 Å². The minimum atomic E-state index is -1.08. The Labute approximate surface area is 77.9 Å². The van der Waals surface area contributed by atoms with Gasteiger partial charge in [0.1, 0.15) is 5.67 Å². The standard InChI is InChI=1S/C10H16FNO/c1-9(5-6-9)8(13)12-7-10(11)3-2-4-10/h2-7H2,1H3,(H,12,13). The van der Waals surface area contributed by atoms with Crippen molar-refractivity contribution in [2.75, 3.05) is 6.54 Å². The van der Waals surface area contributed by atoms with E-state index in [1.54, 1.807) is 0 Å². The summed E-state index contributed by atoms with van der Waals surface area (Å²) in [5.41, 5.74) is -1.25. The Bertz CT molecular complexity index is 231. The van der Waals surface area contributed by atoms with Gasteiger partial charge in [-0.1, -0.05) is 6.92 Å². The molecule has 0 spiro atoms. The van der Waals surface area contributed by atoms with Gasteiger partial charge in [0.2, 0.25) is 5.91 Å². The zero-order valence-electron chi connectivity index (χ0n) is 8.03. The van der Waals surface area contributed by atoms with E-state index < -0.39 is 5.67 Å². The number of alkyl halides is 1. The fraction of sp³-hybridized carbons (Fsp3) is 0.900. The van der Waals surface area contributed by atoms with Gasteiger partial charge in [0.25, 0.3) is 0 Å². The lowest BCUT2D eigenvalue weighted by atomic mass is 9.82. The predicted molar refractivity (Wildman–Crippen MR) is 48.0 cm³/mol. The third kappa shape index (κ3) is 1.69. The molecule has 0 atom stereocenters. The molecule has 1 N–H and O–H groups in total. The van der Waals surface area contributed by atoms with Crippen LogP contribution in [0.2, 0.25) is 0 Å². The summed E-state index contributed by atoms with van der Waals surface area (Å²) < 4.78 is 13.5. The number of carbonyl (C=O) groups is 1. The fourth-order valence-electron chi connectivity index (χ4n) is 1.60. The zero-order valence-corrected chi connectivity index (χ0v) is 8.03. The lowest BCUT2D eigenvalue weighted by molar-refractivity contribution is -0.126. The molecule has 0 heterocycles. The van der Waals surface area contributed by atoms with E-state index in [-0.39, 0.29) is 17.9 Å². The molecule has 1 amide bonds. The molecule has 0 aromatic heterocycles. The van der Waals surface area contributed by atoms with Gasteiger partial charge in [-0.25, -0.2) is 4.39 Å². The number of halogens is 1. The first kappa shape index (κ1) is 8.97. The van der Waals surface area contributed by atoms with Gasteiger partial charge in [0, 0.05) is 5.41 Å². The number of rotatable bonds is 3. The Morgan fingerprint density at radius 2 is 2.00 bits per heavy atom. The molecule has 2 fully saturated rings. The summed E-state index contributed by atoms with van der Waals surface area (Å²) in [6.07, 6.45) is 4.11. The van der Waals surface area contributed by atoms with E-state index in [1.807, 2.05) is 6.92 Å². The van der Waals surface area contributed by atoms with Crippen LogP contribution in [0.15, 0.2) is 0 Å². The first-order valence-electron chi connectivity index (χ1n) is 5.01. The fourth-order valence-corrected chi connectivity index (χ4v) is 1.60. The molecule has 0 aromatic carbocycles. The highest BCUT2D eigenvalue weighted by molar-refractivity contribution is 5.84. The summed E-state index contributed by atoms with van der Waals surface area (Å²) in [6.45, 7) is 2.16. The number of carbonyl (C=O) groups excluding carboxylic acids is 1. The first-order valence-corrected chi connectivity index (χ1v) is 5.01. The van der Waals surface area contributed by atoms with Crippen LogP contribution in [-0.4, -0.2) is 18.1 Å². The van der Waals surface area contributed by atoms with Crippen molar-refractivity contribution in [2.24, 2.45) is 5.41 Å². The van der Waals surface area contributed by atoms with Crippen molar-refractivity contribution in [1.82, 2.24) is 5.32 Å². The van der Waals surface area contributed by atoms with E-state index in [0.717, 1.165) is 19.3 Å². The van der Waals surface area contributed by atoms with Crippen molar-refractivity contribution >= 4 is 5.91 Å². The monoisotopic (exact) mass is 185 g/mol. The minimum Gasteiger partial charge on any atom is -0.352 e. The van der Waals surface area contributed by atoms with Gasteiger partial charge in [0.05, 0.1) is 6.54 Å². The van der Waals surface area contributed by atoms with Crippen molar-refractivity contribution in [2.45, 2.75) is 44.7 Å². The van der Waals surface area contributed by atoms with Crippen LogP contribution in [0, 0.1) is 5.41 Å². The molecule has 3 heteroatoms. The van der Waals surface area contributed by atoms with Gasteiger partial charge in [-0.2, -0.15) is 0 Å². The van der Waals surface area contributed by atoms with Crippen LogP contribution in [0.5, 0.6) is 0 Å². The molecule has 0 aliphatic heterocycles.